The zero-order valence-corrected chi connectivity index (χ0v) is 15.2. The van der Waals surface area contributed by atoms with Crippen molar-refractivity contribution in [2.75, 3.05) is 6.54 Å². The smallest absolute Gasteiger partial charge is 0.253 e. The van der Waals surface area contributed by atoms with Crippen molar-refractivity contribution in [3.63, 3.8) is 0 Å². The molecule has 5 heteroatoms. The topological polar surface area (TPSA) is 58.2 Å². The lowest BCUT2D eigenvalue weighted by molar-refractivity contribution is -0.121. The predicted octanol–water partition coefficient (Wildman–Crippen LogP) is 3.40. The minimum absolute atomic E-state index is 0.0261. The summed E-state index contributed by atoms with van der Waals surface area (Å²) >= 11 is 6.00. The van der Waals surface area contributed by atoms with Crippen LogP contribution in [0.5, 0.6) is 0 Å². The van der Waals surface area contributed by atoms with Gasteiger partial charge in [-0.1, -0.05) is 44.5 Å². The first-order valence-corrected chi connectivity index (χ1v) is 8.95. The highest BCUT2D eigenvalue weighted by atomic mass is 35.5. The van der Waals surface area contributed by atoms with Gasteiger partial charge in [0.2, 0.25) is 5.91 Å². The van der Waals surface area contributed by atoms with Crippen molar-refractivity contribution in [3.8, 4) is 0 Å². The molecule has 0 saturated heterocycles. The second-order valence-electron chi connectivity index (χ2n) is 7.89. The average Bonchev–Trinajstić information content (AvgIpc) is 2.86. The van der Waals surface area contributed by atoms with Crippen molar-refractivity contribution < 1.29 is 9.59 Å². The number of benzene rings is 1. The minimum Gasteiger partial charge on any atom is -0.351 e. The second kappa shape index (κ2) is 6.07. The number of fused-ring (bicyclic) bond motifs is 2. The van der Waals surface area contributed by atoms with Gasteiger partial charge in [-0.25, -0.2) is 0 Å². The summed E-state index contributed by atoms with van der Waals surface area (Å²) in [6, 6.07) is 7.02. The molecule has 24 heavy (non-hydrogen) atoms. The van der Waals surface area contributed by atoms with Gasteiger partial charge in [-0.2, -0.15) is 0 Å². The SMILES string of the molecule is CC1(C)C2CCC1(C)C(NC(=O)CNC(=O)c1ccccc1Cl)C2. The molecule has 3 rings (SSSR count). The molecule has 0 radical (unpaired) electrons. The standard InChI is InChI=1S/C19H25ClN2O2/c1-18(2)12-8-9-19(18,3)15(10-12)22-16(23)11-21-17(24)13-6-4-5-7-14(13)20/h4-7,12,15H,8-11H2,1-3H3,(H,21,24)(H,22,23). The average molecular weight is 349 g/mol. The maximum Gasteiger partial charge on any atom is 0.253 e. The Morgan fingerprint density at radius 3 is 2.54 bits per heavy atom. The van der Waals surface area contributed by atoms with Gasteiger partial charge in [0, 0.05) is 6.04 Å². The molecule has 2 amide bonds. The van der Waals surface area contributed by atoms with Crippen LogP contribution in [0.1, 0.15) is 50.4 Å². The van der Waals surface area contributed by atoms with E-state index in [0.29, 0.717) is 16.5 Å². The van der Waals surface area contributed by atoms with Gasteiger partial charge < -0.3 is 10.6 Å². The Balaban J connectivity index is 1.56. The summed E-state index contributed by atoms with van der Waals surface area (Å²) in [6.07, 6.45) is 3.44. The Morgan fingerprint density at radius 2 is 1.96 bits per heavy atom. The van der Waals surface area contributed by atoms with E-state index < -0.39 is 0 Å². The molecule has 0 spiro atoms. The third-order valence-corrected chi connectivity index (χ3v) is 6.99. The summed E-state index contributed by atoms with van der Waals surface area (Å²) in [6.45, 7) is 6.89. The van der Waals surface area contributed by atoms with Gasteiger partial charge in [-0.05, 0) is 48.1 Å². The van der Waals surface area contributed by atoms with Crippen molar-refractivity contribution in [1.29, 1.82) is 0 Å². The Kier molecular flexibility index (Phi) is 4.37. The van der Waals surface area contributed by atoms with E-state index in [1.54, 1.807) is 24.3 Å². The van der Waals surface area contributed by atoms with Crippen LogP contribution in [-0.2, 0) is 4.79 Å². The fourth-order valence-electron chi connectivity index (χ4n) is 4.57. The molecule has 130 valence electrons. The van der Waals surface area contributed by atoms with E-state index in [9.17, 15) is 9.59 Å². The van der Waals surface area contributed by atoms with Crippen LogP contribution in [0, 0.1) is 16.7 Å². The highest BCUT2D eigenvalue weighted by molar-refractivity contribution is 6.33. The molecule has 0 aromatic heterocycles. The lowest BCUT2D eigenvalue weighted by atomic mass is 9.69. The summed E-state index contributed by atoms with van der Waals surface area (Å²) in [5, 5.41) is 6.18. The molecule has 2 bridgehead atoms. The van der Waals surface area contributed by atoms with E-state index in [2.05, 4.69) is 31.4 Å². The summed E-state index contributed by atoms with van der Waals surface area (Å²) < 4.78 is 0. The van der Waals surface area contributed by atoms with E-state index >= 15 is 0 Å². The van der Waals surface area contributed by atoms with E-state index in [-0.39, 0.29) is 35.2 Å². The molecule has 2 aliphatic rings. The third kappa shape index (κ3) is 2.71. The molecular formula is C19H25ClN2O2. The Bertz CT molecular complexity index is 673. The highest BCUT2D eigenvalue weighted by Gasteiger charge is 2.61. The number of hydrogen-bond acceptors (Lipinski definition) is 2. The fraction of sp³-hybridized carbons (Fsp3) is 0.579. The van der Waals surface area contributed by atoms with Gasteiger partial charge in [-0.3, -0.25) is 9.59 Å². The van der Waals surface area contributed by atoms with Crippen LogP contribution >= 0.6 is 11.6 Å². The molecule has 1 aromatic rings. The van der Waals surface area contributed by atoms with E-state index in [4.69, 9.17) is 11.6 Å². The van der Waals surface area contributed by atoms with E-state index in [1.165, 1.54) is 6.42 Å². The van der Waals surface area contributed by atoms with Crippen molar-refractivity contribution in [2.45, 2.75) is 46.1 Å². The maximum absolute atomic E-state index is 12.3. The van der Waals surface area contributed by atoms with Crippen LogP contribution in [0.4, 0.5) is 0 Å². The molecule has 0 heterocycles. The highest BCUT2D eigenvalue weighted by Crippen LogP contribution is 2.65. The summed E-state index contributed by atoms with van der Waals surface area (Å²) in [4.78, 5) is 24.4. The molecular weight excluding hydrogens is 324 g/mol. The predicted molar refractivity (Wildman–Crippen MR) is 94.9 cm³/mol. The van der Waals surface area contributed by atoms with Gasteiger partial charge in [-0.15, -0.1) is 0 Å². The molecule has 0 aliphatic heterocycles. The van der Waals surface area contributed by atoms with Gasteiger partial charge in [0.25, 0.3) is 5.91 Å². The van der Waals surface area contributed by atoms with Crippen LogP contribution in [0.15, 0.2) is 24.3 Å². The molecule has 4 nitrogen and oxygen atoms in total. The maximum atomic E-state index is 12.3. The van der Waals surface area contributed by atoms with Gasteiger partial charge in [0.15, 0.2) is 0 Å². The Morgan fingerprint density at radius 1 is 1.25 bits per heavy atom. The summed E-state index contributed by atoms with van der Waals surface area (Å²) in [5.41, 5.74) is 0.784. The minimum atomic E-state index is -0.324. The van der Waals surface area contributed by atoms with Crippen LogP contribution < -0.4 is 10.6 Å². The van der Waals surface area contributed by atoms with E-state index in [1.807, 2.05) is 0 Å². The molecule has 2 aliphatic carbocycles. The number of rotatable bonds is 4. The van der Waals surface area contributed by atoms with Gasteiger partial charge >= 0.3 is 0 Å². The van der Waals surface area contributed by atoms with Crippen LogP contribution in [0.2, 0.25) is 5.02 Å². The van der Waals surface area contributed by atoms with Crippen molar-refractivity contribution in [1.82, 2.24) is 10.6 Å². The molecule has 2 saturated carbocycles. The van der Waals surface area contributed by atoms with Gasteiger partial charge in [0.05, 0.1) is 17.1 Å². The Hall–Kier alpha value is -1.55. The van der Waals surface area contributed by atoms with Crippen LogP contribution in [0.3, 0.4) is 0 Å². The molecule has 2 fully saturated rings. The third-order valence-electron chi connectivity index (χ3n) is 6.66. The molecule has 3 atom stereocenters. The quantitative estimate of drug-likeness (QED) is 0.876. The monoisotopic (exact) mass is 348 g/mol. The van der Waals surface area contributed by atoms with E-state index in [0.717, 1.165) is 12.8 Å². The van der Waals surface area contributed by atoms with Crippen molar-refractivity contribution >= 4 is 23.4 Å². The molecule has 2 N–H and O–H groups in total. The second-order valence-corrected chi connectivity index (χ2v) is 8.30. The lowest BCUT2D eigenvalue weighted by Crippen LogP contribution is -2.49. The number of amides is 2. The molecule has 3 unspecified atom stereocenters. The van der Waals surface area contributed by atoms with Crippen molar-refractivity contribution in [3.05, 3.63) is 34.9 Å². The summed E-state index contributed by atoms with van der Waals surface area (Å²) in [5.74, 6) is 0.214. The van der Waals surface area contributed by atoms with Gasteiger partial charge in [0.1, 0.15) is 0 Å². The van der Waals surface area contributed by atoms with Crippen LogP contribution in [0.25, 0.3) is 0 Å². The number of hydrogen-bond donors (Lipinski definition) is 2. The normalized spacial score (nSPS) is 30.2. The first-order valence-electron chi connectivity index (χ1n) is 8.58. The zero-order chi connectivity index (χ0) is 17.5. The molecule has 1 aromatic carbocycles. The lowest BCUT2D eigenvalue weighted by Gasteiger charge is -2.39. The largest absolute Gasteiger partial charge is 0.351 e. The number of halogens is 1. The zero-order valence-electron chi connectivity index (χ0n) is 14.5. The summed E-state index contributed by atoms with van der Waals surface area (Å²) in [7, 11) is 0. The fourth-order valence-corrected chi connectivity index (χ4v) is 4.79. The van der Waals surface area contributed by atoms with Crippen molar-refractivity contribution in [2.24, 2.45) is 16.7 Å². The number of carbonyl (C=O) groups is 2. The first kappa shape index (κ1) is 17.3. The Labute approximate surface area is 148 Å². The van der Waals surface area contributed by atoms with Crippen LogP contribution in [-0.4, -0.2) is 24.4 Å². The number of carbonyl (C=O) groups excluding carboxylic acids is 2. The number of nitrogens with one attached hydrogen (secondary N) is 2. The first-order chi connectivity index (χ1) is 11.3.